The Hall–Kier alpha value is -1.64. The number of carbonyl (C=O) groups is 1. The van der Waals surface area contributed by atoms with Crippen molar-refractivity contribution in [2.45, 2.75) is 20.1 Å². The van der Waals surface area contributed by atoms with Crippen LogP contribution >= 0.6 is 0 Å². The zero-order chi connectivity index (χ0) is 10.6. The minimum absolute atomic E-state index is 0.305. The topological polar surface area (TPSA) is 30.2 Å². The molecular formula is C11H14NO2+. The first-order valence-corrected chi connectivity index (χ1v) is 4.43. The average Bonchev–Trinajstić information content (AvgIpc) is 2.19. The molecule has 3 heteroatoms. The SMILES string of the molecule is C=C(C)C(=O)OC(C)[n+]1ccccc1. The van der Waals surface area contributed by atoms with Crippen molar-refractivity contribution in [1.82, 2.24) is 0 Å². The fraction of sp³-hybridized carbons (Fsp3) is 0.273. The lowest BCUT2D eigenvalue weighted by molar-refractivity contribution is -0.753. The second-order valence-corrected chi connectivity index (χ2v) is 3.11. The van der Waals surface area contributed by atoms with Crippen molar-refractivity contribution in [3.8, 4) is 0 Å². The van der Waals surface area contributed by atoms with Gasteiger partial charge in [-0.1, -0.05) is 12.6 Å². The van der Waals surface area contributed by atoms with Crippen molar-refractivity contribution in [1.29, 1.82) is 0 Å². The zero-order valence-electron chi connectivity index (χ0n) is 8.43. The molecule has 0 saturated carbocycles. The Labute approximate surface area is 83.6 Å². The van der Waals surface area contributed by atoms with Gasteiger partial charge in [-0.15, -0.1) is 0 Å². The number of hydrogen-bond donors (Lipinski definition) is 0. The van der Waals surface area contributed by atoms with Gasteiger partial charge < -0.3 is 4.74 Å². The summed E-state index contributed by atoms with van der Waals surface area (Å²) in [5, 5.41) is 0. The van der Waals surface area contributed by atoms with Crippen molar-refractivity contribution in [3.05, 3.63) is 42.7 Å². The first-order chi connectivity index (χ1) is 6.61. The van der Waals surface area contributed by atoms with Gasteiger partial charge in [0.15, 0.2) is 12.4 Å². The van der Waals surface area contributed by atoms with E-state index < -0.39 is 0 Å². The largest absolute Gasteiger partial charge is 0.399 e. The molecular weight excluding hydrogens is 178 g/mol. The maximum Gasteiger partial charge on any atom is 0.338 e. The quantitative estimate of drug-likeness (QED) is 0.414. The first-order valence-electron chi connectivity index (χ1n) is 4.43. The van der Waals surface area contributed by atoms with Gasteiger partial charge in [-0.25, -0.2) is 4.79 Å². The summed E-state index contributed by atoms with van der Waals surface area (Å²) < 4.78 is 6.93. The minimum atomic E-state index is -0.367. The third-order valence-corrected chi connectivity index (χ3v) is 1.78. The second-order valence-electron chi connectivity index (χ2n) is 3.11. The molecule has 1 aromatic rings. The van der Waals surface area contributed by atoms with Gasteiger partial charge in [0.25, 0.3) is 0 Å². The van der Waals surface area contributed by atoms with E-state index in [2.05, 4.69) is 6.58 Å². The van der Waals surface area contributed by atoms with E-state index in [4.69, 9.17) is 4.74 Å². The molecule has 0 amide bonds. The highest BCUT2D eigenvalue weighted by Crippen LogP contribution is 2.01. The summed E-state index contributed by atoms with van der Waals surface area (Å²) in [5.74, 6) is -0.367. The Morgan fingerprint density at radius 3 is 2.43 bits per heavy atom. The standard InChI is InChI=1S/C11H14NO2/c1-9(2)11(13)14-10(3)12-7-5-4-6-8-12/h4-8,10H,1H2,2-3H3/q+1. The van der Waals surface area contributed by atoms with Crippen LogP contribution in [0, 0.1) is 0 Å². The molecule has 14 heavy (non-hydrogen) atoms. The number of carbonyl (C=O) groups excluding carboxylic acids is 1. The summed E-state index contributed by atoms with van der Waals surface area (Å²) in [6.45, 7) is 6.95. The number of pyridine rings is 1. The smallest absolute Gasteiger partial charge is 0.338 e. The summed E-state index contributed by atoms with van der Waals surface area (Å²) in [4.78, 5) is 11.2. The van der Waals surface area contributed by atoms with Crippen LogP contribution in [0.4, 0.5) is 0 Å². The summed E-state index contributed by atoms with van der Waals surface area (Å²) in [6, 6.07) is 5.67. The normalized spacial score (nSPS) is 11.9. The summed E-state index contributed by atoms with van der Waals surface area (Å²) >= 11 is 0. The molecule has 0 aromatic carbocycles. The van der Waals surface area contributed by atoms with Gasteiger partial charge in [0.05, 0.1) is 0 Å². The van der Waals surface area contributed by atoms with Gasteiger partial charge in [-0.05, 0) is 6.92 Å². The average molecular weight is 192 g/mol. The van der Waals surface area contributed by atoms with E-state index in [1.165, 1.54) is 0 Å². The molecule has 0 aliphatic carbocycles. The monoisotopic (exact) mass is 192 g/mol. The van der Waals surface area contributed by atoms with Crippen molar-refractivity contribution >= 4 is 5.97 Å². The fourth-order valence-electron chi connectivity index (χ4n) is 0.971. The van der Waals surface area contributed by atoms with Gasteiger partial charge in [0.1, 0.15) is 0 Å². The van der Waals surface area contributed by atoms with Gasteiger partial charge in [-0.2, -0.15) is 4.57 Å². The van der Waals surface area contributed by atoms with E-state index in [1.54, 1.807) is 18.4 Å². The molecule has 1 rings (SSSR count). The molecule has 0 aliphatic rings. The van der Waals surface area contributed by atoms with Crippen LogP contribution in [0.3, 0.4) is 0 Å². The van der Waals surface area contributed by atoms with E-state index in [1.807, 2.05) is 30.6 Å². The third kappa shape index (κ3) is 2.69. The van der Waals surface area contributed by atoms with E-state index in [0.29, 0.717) is 5.57 Å². The van der Waals surface area contributed by atoms with Gasteiger partial charge in [0.2, 0.25) is 0 Å². The molecule has 0 saturated heterocycles. The highest BCUT2D eigenvalue weighted by atomic mass is 16.6. The van der Waals surface area contributed by atoms with E-state index in [0.717, 1.165) is 0 Å². The predicted molar refractivity (Wildman–Crippen MR) is 52.3 cm³/mol. The molecule has 3 nitrogen and oxygen atoms in total. The lowest BCUT2D eigenvalue weighted by Crippen LogP contribution is -2.39. The Morgan fingerprint density at radius 1 is 1.36 bits per heavy atom. The molecule has 74 valence electrons. The third-order valence-electron chi connectivity index (χ3n) is 1.78. The Kier molecular flexibility index (Phi) is 3.40. The summed E-state index contributed by atoms with van der Waals surface area (Å²) in [7, 11) is 0. The molecule has 1 unspecified atom stereocenters. The van der Waals surface area contributed by atoms with Crippen LogP contribution in [-0.4, -0.2) is 5.97 Å². The number of aromatic nitrogens is 1. The molecule has 0 aliphatic heterocycles. The van der Waals surface area contributed by atoms with Crippen molar-refractivity contribution in [3.63, 3.8) is 0 Å². The number of rotatable bonds is 3. The highest BCUT2D eigenvalue weighted by Gasteiger charge is 2.16. The number of nitrogens with zero attached hydrogens (tertiary/aromatic N) is 1. The van der Waals surface area contributed by atoms with E-state index in [-0.39, 0.29) is 12.2 Å². The van der Waals surface area contributed by atoms with Crippen LogP contribution in [0.1, 0.15) is 20.1 Å². The van der Waals surface area contributed by atoms with Crippen LogP contribution in [-0.2, 0) is 9.53 Å². The minimum Gasteiger partial charge on any atom is -0.399 e. The van der Waals surface area contributed by atoms with Gasteiger partial charge in [0, 0.05) is 24.6 Å². The summed E-state index contributed by atoms with van der Waals surface area (Å²) in [5.41, 5.74) is 0.411. The summed E-state index contributed by atoms with van der Waals surface area (Å²) in [6.07, 6.45) is 3.38. The Morgan fingerprint density at radius 2 is 1.93 bits per heavy atom. The maximum atomic E-state index is 11.2. The molecule has 0 spiro atoms. The lowest BCUT2D eigenvalue weighted by atomic mass is 10.4. The molecule has 1 aromatic heterocycles. The molecule has 0 fully saturated rings. The number of esters is 1. The second kappa shape index (κ2) is 4.56. The molecule has 1 heterocycles. The van der Waals surface area contributed by atoms with Crippen LogP contribution < -0.4 is 4.57 Å². The number of hydrogen-bond acceptors (Lipinski definition) is 2. The van der Waals surface area contributed by atoms with Crippen molar-refractivity contribution in [2.24, 2.45) is 0 Å². The molecule has 0 N–H and O–H groups in total. The van der Waals surface area contributed by atoms with Crippen LogP contribution in [0.25, 0.3) is 0 Å². The highest BCUT2D eigenvalue weighted by molar-refractivity contribution is 5.86. The van der Waals surface area contributed by atoms with E-state index >= 15 is 0 Å². The maximum absolute atomic E-state index is 11.2. The lowest BCUT2D eigenvalue weighted by Gasteiger charge is -2.07. The van der Waals surface area contributed by atoms with Gasteiger partial charge in [-0.3, -0.25) is 0 Å². The van der Waals surface area contributed by atoms with Gasteiger partial charge >= 0.3 is 12.2 Å². The molecule has 1 atom stereocenters. The number of ether oxygens (including phenoxy) is 1. The fourth-order valence-corrected chi connectivity index (χ4v) is 0.971. The van der Waals surface area contributed by atoms with Crippen LogP contribution in [0.15, 0.2) is 42.7 Å². The first kappa shape index (κ1) is 10.4. The van der Waals surface area contributed by atoms with Crippen LogP contribution in [0.2, 0.25) is 0 Å². The Bertz CT molecular complexity index is 332. The zero-order valence-corrected chi connectivity index (χ0v) is 8.43. The molecule has 0 radical (unpaired) electrons. The van der Waals surface area contributed by atoms with Crippen LogP contribution in [0.5, 0.6) is 0 Å². The molecule has 0 bridgehead atoms. The van der Waals surface area contributed by atoms with E-state index in [9.17, 15) is 4.79 Å². The Balaban J connectivity index is 2.64. The predicted octanol–water partition coefficient (Wildman–Crippen LogP) is 1.61. The van der Waals surface area contributed by atoms with Crippen molar-refractivity contribution in [2.75, 3.05) is 0 Å². The van der Waals surface area contributed by atoms with Crippen molar-refractivity contribution < 1.29 is 14.1 Å².